The van der Waals surface area contributed by atoms with Gasteiger partial charge in [0.2, 0.25) is 0 Å². The first kappa shape index (κ1) is 26.8. The molecular weight excluding hydrogens is 525 g/mol. The summed E-state index contributed by atoms with van der Waals surface area (Å²) in [5.74, 6) is -0.372. The van der Waals surface area contributed by atoms with Crippen LogP contribution in [-0.4, -0.2) is 54.4 Å². The first-order valence-electron chi connectivity index (χ1n) is 11.4. The van der Waals surface area contributed by atoms with Crippen molar-refractivity contribution >= 4 is 46.0 Å². The van der Waals surface area contributed by atoms with Crippen LogP contribution in [0, 0.1) is 6.92 Å². The molecule has 3 heterocycles. The summed E-state index contributed by atoms with van der Waals surface area (Å²) in [5.41, 5.74) is 1.23. The molecule has 196 valence electrons. The smallest absolute Gasteiger partial charge is 0.383 e. The maximum atomic E-state index is 13.5. The summed E-state index contributed by atoms with van der Waals surface area (Å²) in [5, 5.41) is 12.6. The molecule has 1 unspecified atom stereocenters. The number of hydrogen-bond acceptors (Lipinski definition) is 6. The van der Waals surface area contributed by atoms with E-state index in [2.05, 4.69) is 10.4 Å². The van der Waals surface area contributed by atoms with Gasteiger partial charge in [0.25, 0.3) is 5.91 Å². The summed E-state index contributed by atoms with van der Waals surface area (Å²) >= 11 is 3.10. The van der Waals surface area contributed by atoms with E-state index in [1.807, 2.05) is 35.9 Å². The molecule has 0 spiro atoms. The molecule has 0 fully saturated rings. The number of aryl methyl sites for hydroxylation is 1. The minimum atomic E-state index is -4.48. The van der Waals surface area contributed by atoms with E-state index in [0.717, 1.165) is 33.2 Å². The number of nitrogens with one attached hydrogen (secondary N) is 1. The summed E-state index contributed by atoms with van der Waals surface area (Å²) in [6, 6.07) is 9.08. The highest BCUT2D eigenvalue weighted by Crippen LogP contribution is 2.38. The zero-order valence-corrected chi connectivity index (χ0v) is 21.8. The predicted octanol–water partition coefficient (Wildman–Crippen LogP) is 6.00. The van der Waals surface area contributed by atoms with Gasteiger partial charge in [-0.05, 0) is 59.6 Å². The van der Waals surface area contributed by atoms with Crippen molar-refractivity contribution in [2.75, 3.05) is 32.1 Å². The predicted molar refractivity (Wildman–Crippen MR) is 138 cm³/mol. The molecule has 0 saturated heterocycles. The van der Waals surface area contributed by atoms with Gasteiger partial charge in [-0.2, -0.15) is 18.3 Å². The van der Waals surface area contributed by atoms with E-state index in [1.165, 1.54) is 29.2 Å². The van der Waals surface area contributed by atoms with Gasteiger partial charge >= 0.3 is 12.2 Å². The van der Waals surface area contributed by atoms with Gasteiger partial charge in [0, 0.05) is 30.6 Å². The van der Waals surface area contributed by atoms with Gasteiger partial charge in [-0.25, -0.2) is 9.80 Å². The lowest BCUT2D eigenvalue weighted by molar-refractivity contribution is -0.137. The standard InChI is InChI=1S/C25H25F3N4O3S2/c1-16-9-13-37-23(16)20-14-19(21-4-3-12-36-21)30-32(20)22(33)15-31(10-11-35-2)24(34)29-18-7-5-17(6-8-18)25(26,27)28/h3-9,12-13,20H,10-11,14-15H2,1-2H3,(H,29,34). The van der Waals surface area contributed by atoms with Crippen molar-refractivity contribution < 1.29 is 27.5 Å². The first-order chi connectivity index (χ1) is 17.7. The fourth-order valence-corrected chi connectivity index (χ4v) is 5.63. The lowest BCUT2D eigenvalue weighted by atomic mass is 10.1. The second kappa shape index (κ2) is 11.4. The van der Waals surface area contributed by atoms with E-state index in [-0.39, 0.29) is 37.3 Å². The molecule has 7 nitrogen and oxygen atoms in total. The molecule has 2 aromatic heterocycles. The van der Waals surface area contributed by atoms with Crippen molar-refractivity contribution in [3.8, 4) is 0 Å². The topological polar surface area (TPSA) is 74.2 Å². The third kappa shape index (κ3) is 6.38. The summed E-state index contributed by atoms with van der Waals surface area (Å²) < 4.78 is 43.7. The average Bonchev–Trinajstić information content (AvgIpc) is 3.61. The van der Waals surface area contributed by atoms with Crippen molar-refractivity contribution in [2.24, 2.45) is 5.10 Å². The third-order valence-electron chi connectivity index (χ3n) is 5.82. The number of methoxy groups -OCH3 is 1. The minimum Gasteiger partial charge on any atom is -0.383 e. The summed E-state index contributed by atoms with van der Waals surface area (Å²) in [6.45, 7) is 1.98. The number of rotatable bonds is 8. The van der Waals surface area contributed by atoms with Crippen LogP contribution in [0.5, 0.6) is 0 Å². The molecule has 0 bridgehead atoms. The highest BCUT2D eigenvalue weighted by Gasteiger charge is 2.36. The molecule has 12 heteroatoms. The number of nitrogens with zero attached hydrogens (tertiary/aromatic N) is 3. The van der Waals surface area contributed by atoms with E-state index in [4.69, 9.17) is 4.74 Å². The Bertz CT molecular complexity index is 1260. The molecule has 1 N–H and O–H groups in total. The number of carbonyl (C=O) groups is 2. The molecule has 1 aromatic carbocycles. The number of urea groups is 1. The number of halogens is 3. The van der Waals surface area contributed by atoms with Crippen LogP contribution in [0.15, 0.2) is 58.3 Å². The van der Waals surface area contributed by atoms with E-state index < -0.39 is 17.8 Å². The van der Waals surface area contributed by atoms with Gasteiger partial charge in [0.15, 0.2) is 0 Å². The van der Waals surface area contributed by atoms with Gasteiger partial charge in [0.1, 0.15) is 6.54 Å². The number of hydrogen-bond donors (Lipinski definition) is 1. The number of carbonyl (C=O) groups excluding carboxylic acids is 2. The van der Waals surface area contributed by atoms with E-state index in [9.17, 15) is 22.8 Å². The number of ether oxygens (including phenoxy) is 1. The van der Waals surface area contributed by atoms with Crippen molar-refractivity contribution in [1.82, 2.24) is 9.91 Å². The zero-order chi connectivity index (χ0) is 26.6. The molecule has 0 aliphatic carbocycles. The van der Waals surface area contributed by atoms with E-state index >= 15 is 0 Å². The van der Waals surface area contributed by atoms with Crippen molar-refractivity contribution in [3.05, 3.63) is 74.1 Å². The van der Waals surface area contributed by atoms with Crippen LogP contribution in [0.25, 0.3) is 0 Å². The molecule has 1 aliphatic rings. The van der Waals surface area contributed by atoms with Crippen LogP contribution in [0.4, 0.5) is 23.7 Å². The number of hydrazone groups is 1. The van der Waals surface area contributed by atoms with Crippen molar-refractivity contribution in [1.29, 1.82) is 0 Å². The molecule has 3 aromatic rings. The fraction of sp³-hybridized carbons (Fsp3) is 0.320. The van der Waals surface area contributed by atoms with Crippen LogP contribution >= 0.6 is 22.7 Å². The monoisotopic (exact) mass is 550 g/mol. The van der Waals surface area contributed by atoms with Crippen LogP contribution in [-0.2, 0) is 15.7 Å². The molecule has 3 amide bonds. The Morgan fingerprint density at radius 1 is 1.16 bits per heavy atom. The quantitative estimate of drug-likeness (QED) is 0.374. The summed E-state index contributed by atoms with van der Waals surface area (Å²) in [6.07, 6.45) is -3.92. The Balaban J connectivity index is 1.52. The Morgan fingerprint density at radius 3 is 2.51 bits per heavy atom. The molecular formula is C25H25F3N4O3S2. The number of anilines is 1. The molecule has 1 aliphatic heterocycles. The number of amides is 3. The van der Waals surface area contributed by atoms with Crippen LogP contribution < -0.4 is 5.32 Å². The molecule has 37 heavy (non-hydrogen) atoms. The van der Waals surface area contributed by atoms with Crippen LogP contribution in [0.1, 0.15) is 33.3 Å². The van der Waals surface area contributed by atoms with Crippen LogP contribution in [0.3, 0.4) is 0 Å². The molecule has 4 rings (SSSR count). The van der Waals surface area contributed by atoms with Gasteiger partial charge < -0.3 is 15.0 Å². The van der Waals surface area contributed by atoms with Gasteiger partial charge in [0.05, 0.1) is 28.8 Å². The van der Waals surface area contributed by atoms with Gasteiger partial charge in [-0.1, -0.05) is 6.07 Å². The lowest BCUT2D eigenvalue weighted by Crippen LogP contribution is -2.44. The third-order valence-corrected chi connectivity index (χ3v) is 7.86. The van der Waals surface area contributed by atoms with Crippen molar-refractivity contribution in [2.45, 2.75) is 25.6 Å². The van der Waals surface area contributed by atoms with E-state index in [0.29, 0.717) is 6.42 Å². The van der Waals surface area contributed by atoms with Crippen molar-refractivity contribution in [3.63, 3.8) is 0 Å². The fourth-order valence-electron chi connectivity index (χ4n) is 3.90. The largest absolute Gasteiger partial charge is 0.416 e. The summed E-state index contributed by atoms with van der Waals surface area (Å²) in [4.78, 5) is 29.8. The average molecular weight is 551 g/mol. The molecule has 0 radical (unpaired) electrons. The molecule has 0 saturated carbocycles. The number of thiophene rings is 2. The first-order valence-corrected chi connectivity index (χ1v) is 13.1. The Morgan fingerprint density at radius 2 is 1.92 bits per heavy atom. The van der Waals surface area contributed by atoms with E-state index in [1.54, 1.807) is 22.7 Å². The normalized spacial score (nSPS) is 15.5. The second-order valence-corrected chi connectivity index (χ2v) is 10.3. The van der Waals surface area contributed by atoms with Gasteiger partial charge in [-0.15, -0.1) is 22.7 Å². The SMILES string of the molecule is COCCN(CC(=O)N1N=C(c2cccs2)CC1c1sccc1C)C(=O)Nc1ccc(C(F)(F)F)cc1. The highest BCUT2D eigenvalue weighted by molar-refractivity contribution is 7.12. The lowest BCUT2D eigenvalue weighted by Gasteiger charge is -2.27. The Kier molecular flexibility index (Phi) is 8.30. The number of alkyl halides is 3. The van der Waals surface area contributed by atoms with Gasteiger partial charge in [-0.3, -0.25) is 4.79 Å². The highest BCUT2D eigenvalue weighted by atomic mass is 32.1. The summed E-state index contributed by atoms with van der Waals surface area (Å²) in [7, 11) is 1.47. The zero-order valence-electron chi connectivity index (χ0n) is 20.1. The van der Waals surface area contributed by atoms with Crippen LogP contribution in [0.2, 0.25) is 0 Å². The minimum absolute atomic E-state index is 0.104. The number of benzene rings is 1. The Labute approximate surface area is 220 Å². The Hall–Kier alpha value is -3.22. The second-order valence-electron chi connectivity index (χ2n) is 8.37. The maximum absolute atomic E-state index is 13.5. The maximum Gasteiger partial charge on any atom is 0.416 e. The molecule has 1 atom stereocenters.